The van der Waals surface area contributed by atoms with Gasteiger partial charge in [-0.15, -0.1) is 0 Å². The van der Waals surface area contributed by atoms with Crippen LogP contribution in [-0.2, 0) is 33.5 Å². The third kappa shape index (κ3) is 11.2. The minimum absolute atomic E-state index is 0.0112. The van der Waals surface area contributed by atoms with Gasteiger partial charge in [0.2, 0.25) is 23.6 Å². The highest BCUT2D eigenvalue weighted by Gasteiger charge is 2.62. The van der Waals surface area contributed by atoms with Crippen LogP contribution in [0.3, 0.4) is 0 Å². The predicted octanol–water partition coefficient (Wildman–Crippen LogP) is 9.87. The van der Waals surface area contributed by atoms with Gasteiger partial charge in [0.1, 0.15) is 6.61 Å². The van der Waals surface area contributed by atoms with Crippen molar-refractivity contribution >= 4 is 41.3 Å². The lowest BCUT2D eigenvalue weighted by atomic mass is 9.48. The van der Waals surface area contributed by atoms with Crippen LogP contribution < -0.4 is 16.0 Å². The number of carboxylic acid groups (broad SMARTS) is 1. The molecular weight excluding hydrogens is 783 g/mol. The van der Waals surface area contributed by atoms with Crippen molar-refractivity contribution in [1.82, 2.24) is 5.32 Å². The molecule has 1 aliphatic rings. The van der Waals surface area contributed by atoms with Crippen LogP contribution >= 0.6 is 0 Å². The number of hydrogen-bond donors (Lipinski definition) is 3. The van der Waals surface area contributed by atoms with E-state index in [1.54, 1.807) is 31.2 Å². The molecule has 0 bridgehead atoms. The molecular formula is C51H83N3O8. The molecule has 11 heteroatoms. The quantitative estimate of drug-likeness (QED) is 0.0503. The first-order valence-electron chi connectivity index (χ1n) is 22.3. The molecule has 1 fully saturated rings. The summed E-state index contributed by atoms with van der Waals surface area (Å²) in [6.07, 6.45) is 0.811. The maximum Gasteiger partial charge on any atom is 0.309 e. The zero-order chi connectivity index (χ0) is 48.6. The third-order valence-electron chi connectivity index (χ3n) is 16.1. The van der Waals surface area contributed by atoms with E-state index in [2.05, 4.69) is 11.9 Å². The van der Waals surface area contributed by atoms with Gasteiger partial charge in [-0.2, -0.15) is 0 Å². The number of imide groups is 1. The number of nitrogens with two attached hydrogens (primary N) is 1. The van der Waals surface area contributed by atoms with Gasteiger partial charge >= 0.3 is 11.9 Å². The first-order valence-corrected chi connectivity index (χ1v) is 22.3. The first-order chi connectivity index (χ1) is 27.7. The number of para-hydroxylation sites is 1. The SMILES string of the molecule is C=C(C)C(=O)NCCOC(=O)C(CC(C)(C)C(C)(C)C(CC(C)(C)C(C)(C)C(CC(C)(C)C(C)(C)C1C(=O)N(c2ccccc2)C(=O)C1C(C)(C)C)C(N)=O)C(=O)O)C(C)(C)C. The van der Waals surface area contributed by atoms with Gasteiger partial charge in [0.05, 0.1) is 35.9 Å². The Morgan fingerprint density at radius 1 is 0.710 bits per heavy atom. The van der Waals surface area contributed by atoms with Gasteiger partial charge in [0.15, 0.2) is 0 Å². The number of carbonyl (C=O) groups is 6. The number of hydrogen-bond acceptors (Lipinski definition) is 7. The smallest absolute Gasteiger partial charge is 0.309 e. The summed E-state index contributed by atoms with van der Waals surface area (Å²) in [6.45, 7) is 41.1. The van der Waals surface area contributed by atoms with Gasteiger partial charge < -0.3 is 20.9 Å². The summed E-state index contributed by atoms with van der Waals surface area (Å²) in [4.78, 5) is 83.1. The Kier molecular flexibility index (Phi) is 16.2. The average Bonchev–Trinajstić information content (AvgIpc) is 3.39. The molecule has 1 saturated heterocycles. The van der Waals surface area contributed by atoms with E-state index in [-0.39, 0.29) is 43.7 Å². The van der Waals surface area contributed by atoms with E-state index in [1.165, 1.54) is 4.90 Å². The van der Waals surface area contributed by atoms with Crippen LogP contribution in [0.4, 0.5) is 5.69 Å². The van der Waals surface area contributed by atoms with Gasteiger partial charge in [0, 0.05) is 11.5 Å². The summed E-state index contributed by atoms with van der Waals surface area (Å²) in [7, 11) is 0. The van der Waals surface area contributed by atoms with Crippen molar-refractivity contribution in [3.05, 3.63) is 42.5 Å². The largest absolute Gasteiger partial charge is 0.481 e. The van der Waals surface area contributed by atoms with Crippen molar-refractivity contribution in [3.8, 4) is 0 Å². The second-order valence-electron chi connectivity index (χ2n) is 24.1. The molecule has 62 heavy (non-hydrogen) atoms. The number of benzene rings is 1. The average molecular weight is 866 g/mol. The molecule has 0 saturated carbocycles. The van der Waals surface area contributed by atoms with E-state index in [0.717, 1.165) is 0 Å². The molecule has 350 valence electrons. The topological polar surface area (TPSA) is 173 Å². The van der Waals surface area contributed by atoms with Gasteiger partial charge in [-0.05, 0) is 81.6 Å². The molecule has 1 heterocycles. The van der Waals surface area contributed by atoms with Crippen molar-refractivity contribution in [2.75, 3.05) is 18.1 Å². The Hall–Kier alpha value is -4.02. The maximum absolute atomic E-state index is 14.6. The van der Waals surface area contributed by atoms with E-state index in [1.807, 2.05) is 131 Å². The normalized spacial score (nSPS) is 18.9. The monoisotopic (exact) mass is 866 g/mol. The van der Waals surface area contributed by atoms with Gasteiger partial charge in [-0.3, -0.25) is 33.7 Å². The summed E-state index contributed by atoms with van der Waals surface area (Å²) in [6, 6.07) is 8.99. The molecule has 4 N–H and O–H groups in total. The Bertz CT molecular complexity index is 1840. The summed E-state index contributed by atoms with van der Waals surface area (Å²) < 4.78 is 5.68. The second-order valence-corrected chi connectivity index (χ2v) is 24.1. The summed E-state index contributed by atoms with van der Waals surface area (Å²) in [5, 5.41) is 13.7. The van der Waals surface area contributed by atoms with Crippen molar-refractivity contribution in [2.45, 2.75) is 151 Å². The summed E-state index contributed by atoms with van der Waals surface area (Å²) in [5.41, 5.74) is 1.40. The molecule has 11 nitrogen and oxygen atoms in total. The molecule has 0 aliphatic carbocycles. The van der Waals surface area contributed by atoms with Crippen molar-refractivity contribution in [2.24, 2.45) is 78.6 Å². The van der Waals surface area contributed by atoms with E-state index < -0.39 is 90.8 Å². The van der Waals surface area contributed by atoms with Crippen molar-refractivity contribution < 1.29 is 38.6 Å². The van der Waals surface area contributed by atoms with Gasteiger partial charge in [-0.25, -0.2) is 0 Å². The van der Waals surface area contributed by atoms with Crippen molar-refractivity contribution in [1.29, 1.82) is 0 Å². The van der Waals surface area contributed by atoms with Crippen LogP contribution in [0.1, 0.15) is 151 Å². The fourth-order valence-electron chi connectivity index (χ4n) is 9.46. The van der Waals surface area contributed by atoms with E-state index in [4.69, 9.17) is 10.5 Å². The third-order valence-corrected chi connectivity index (χ3v) is 16.1. The Balaban J connectivity index is 2.53. The lowest BCUT2D eigenvalue weighted by Crippen LogP contribution is -2.53. The fourth-order valence-corrected chi connectivity index (χ4v) is 9.46. The first kappa shape index (κ1) is 54.1. The molecule has 0 aromatic heterocycles. The van der Waals surface area contributed by atoms with Crippen LogP contribution in [0.5, 0.6) is 0 Å². The zero-order valence-corrected chi connectivity index (χ0v) is 41.8. The summed E-state index contributed by atoms with van der Waals surface area (Å²) in [5.74, 6) is -6.31. The fraction of sp³-hybridized carbons (Fsp3) is 0.725. The molecule has 1 aromatic carbocycles. The molecule has 5 atom stereocenters. The molecule has 5 unspecified atom stereocenters. The highest BCUT2D eigenvalue weighted by molar-refractivity contribution is 6.22. The number of esters is 1. The Morgan fingerprint density at radius 2 is 1.15 bits per heavy atom. The van der Waals surface area contributed by atoms with Crippen LogP contribution in [0.2, 0.25) is 0 Å². The van der Waals surface area contributed by atoms with E-state index >= 15 is 0 Å². The molecule has 1 aliphatic heterocycles. The van der Waals surface area contributed by atoms with Crippen LogP contribution in [0, 0.1) is 72.9 Å². The number of aliphatic carboxylic acids is 1. The number of rotatable bonds is 20. The molecule has 0 spiro atoms. The predicted molar refractivity (Wildman–Crippen MR) is 247 cm³/mol. The number of nitrogens with one attached hydrogen (secondary N) is 1. The lowest BCUT2D eigenvalue weighted by Gasteiger charge is -2.55. The minimum Gasteiger partial charge on any atom is -0.481 e. The van der Waals surface area contributed by atoms with Crippen molar-refractivity contribution in [3.63, 3.8) is 0 Å². The number of primary amides is 1. The Morgan fingerprint density at radius 3 is 1.56 bits per heavy atom. The number of anilines is 1. The molecule has 0 radical (unpaired) electrons. The molecule has 4 amide bonds. The van der Waals surface area contributed by atoms with Crippen LogP contribution in [0.25, 0.3) is 0 Å². The highest BCUT2D eigenvalue weighted by Crippen LogP contribution is 2.61. The van der Waals surface area contributed by atoms with Gasteiger partial charge in [-0.1, -0.05) is 149 Å². The summed E-state index contributed by atoms with van der Waals surface area (Å²) >= 11 is 0. The number of carboxylic acids is 1. The second kappa shape index (κ2) is 18.6. The number of ether oxygens (including phenoxy) is 1. The van der Waals surface area contributed by atoms with Gasteiger partial charge in [0.25, 0.3) is 0 Å². The number of nitrogens with zero attached hydrogens (tertiary/aromatic N) is 1. The Labute approximate surface area is 374 Å². The number of amides is 4. The van der Waals surface area contributed by atoms with E-state index in [9.17, 15) is 33.9 Å². The number of carbonyl (C=O) groups excluding carboxylic acids is 5. The lowest BCUT2D eigenvalue weighted by molar-refractivity contribution is -0.160. The molecule has 2 rings (SSSR count). The van der Waals surface area contributed by atoms with Crippen LogP contribution in [-0.4, -0.2) is 53.8 Å². The van der Waals surface area contributed by atoms with Crippen LogP contribution in [0.15, 0.2) is 42.5 Å². The highest BCUT2D eigenvalue weighted by atomic mass is 16.5. The minimum atomic E-state index is -0.979. The van der Waals surface area contributed by atoms with E-state index in [0.29, 0.717) is 17.7 Å². The molecule has 1 aromatic rings. The maximum atomic E-state index is 14.6. The standard InChI is InChI=1S/C51H83N3O8/c1-31(2)39(56)53-26-27-62-43(61)35(44(3,4)5)30-47(11,12)50(17,18)34(42(59)60)29-46(9,10)49(15,16)33(38(52)55)28-48(13,14)51(19,20)37-36(45(6,7)8)40(57)54(41(37)58)32-24-22-21-23-25-32/h21-25,33-37H,1,26-30H2,2-20H3,(H2,52,55)(H,53,56)(H,59,60). The zero-order valence-electron chi connectivity index (χ0n) is 41.8.